The molecule has 17 heavy (non-hydrogen) atoms. The Kier molecular flexibility index (Phi) is 4.09. The third-order valence-electron chi connectivity index (χ3n) is 2.18. The highest BCUT2D eigenvalue weighted by molar-refractivity contribution is 5.95. The fourth-order valence-corrected chi connectivity index (χ4v) is 1.25. The van der Waals surface area contributed by atoms with E-state index >= 15 is 0 Å². The smallest absolute Gasteiger partial charge is 0.414 e. The van der Waals surface area contributed by atoms with Crippen molar-refractivity contribution < 1.29 is 9.53 Å². The van der Waals surface area contributed by atoms with Gasteiger partial charge in [0.05, 0.1) is 6.10 Å². The summed E-state index contributed by atoms with van der Waals surface area (Å²) in [5.41, 5.74) is 6.66. The maximum absolute atomic E-state index is 11.6. The Bertz CT molecular complexity index is 412. The van der Waals surface area contributed by atoms with Crippen LogP contribution >= 0.6 is 0 Å². The zero-order chi connectivity index (χ0) is 13.0. The molecule has 0 aliphatic heterocycles. The van der Waals surface area contributed by atoms with Crippen molar-refractivity contribution in [1.29, 1.82) is 5.41 Å². The highest BCUT2D eigenvalue weighted by Gasteiger charge is 2.13. The van der Waals surface area contributed by atoms with Gasteiger partial charge in [0.15, 0.2) is 0 Å². The number of nitrogen functional groups attached to an aromatic ring is 1. The van der Waals surface area contributed by atoms with Crippen LogP contribution < -0.4 is 10.6 Å². The summed E-state index contributed by atoms with van der Waals surface area (Å²) in [5, 5.41) is 7.26. The molecule has 1 aromatic carbocycles. The largest absolute Gasteiger partial charge is 0.446 e. The van der Waals surface area contributed by atoms with Crippen molar-refractivity contribution in [2.45, 2.75) is 20.0 Å². The van der Waals surface area contributed by atoms with Gasteiger partial charge in [0.25, 0.3) is 0 Å². The number of hydrogen-bond acceptors (Lipinski definition) is 3. The number of carbonyl (C=O) groups excluding carboxylic acids is 1. The third kappa shape index (κ3) is 3.48. The highest BCUT2D eigenvalue weighted by atomic mass is 16.6. The molecule has 1 rings (SSSR count). The number of hydrogen-bond donors (Lipinski definition) is 2. The zero-order valence-corrected chi connectivity index (χ0v) is 10.2. The molecule has 5 heteroatoms. The predicted molar refractivity (Wildman–Crippen MR) is 67.5 cm³/mol. The predicted octanol–water partition coefficient (Wildman–Crippen LogP) is 1.95. The normalized spacial score (nSPS) is 10.1. The van der Waals surface area contributed by atoms with Crippen molar-refractivity contribution >= 4 is 17.6 Å². The maximum atomic E-state index is 11.6. The maximum Gasteiger partial charge on any atom is 0.414 e. The van der Waals surface area contributed by atoms with Crippen LogP contribution in [0, 0.1) is 5.41 Å². The number of anilines is 1. The summed E-state index contributed by atoms with van der Waals surface area (Å²) in [6.45, 7) is 3.59. The number of rotatable bonds is 3. The van der Waals surface area contributed by atoms with Crippen LogP contribution in [0.2, 0.25) is 0 Å². The van der Waals surface area contributed by atoms with E-state index in [0.717, 1.165) is 0 Å². The number of benzene rings is 1. The van der Waals surface area contributed by atoms with Gasteiger partial charge in [-0.05, 0) is 38.1 Å². The molecule has 1 aromatic rings. The van der Waals surface area contributed by atoms with Crippen molar-refractivity contribution in [2.24, 2.45) is 5.73 Å². The van der Waals surface area contributed by atoms with Gasteiger partial charge in [-0.1, -0.05) is 0 Å². The summed E-state index contributed by atoms with van der Waals surface area (Å²) < 4.78 is 5.06. The first-order valence-electron chi connectivity index (χ1n) is 5.30. The minimum absolute atomic E-state index is 0.00367. The molecule has 1 amide bonds. The number of ether oxygens (including phenoxy) is 1. The van der Waals surface area contributed by atoms with Crippen LogP contribution in [0.4, 0.5) is 10.5 Å². The van der Waals surface area contributed by atoms with Gasteiger partial charge < -0.3 is 10.5 Å². The monoisotopic (exact) mass is 235 g/mol. The Morgan fingerprint density at radius 3 is 2.29 bits per heavy atom. The van der Waals surface area contributed by atoms with Crippen LogP contribution in [-0.2, 0) is 4.74 Å². The van der Waals surface area contributed by atoms with Crippen LogP contribution in [0.15, 0.2) is 24.3 Å². The summed E-state index contributed by atoms with van der Waals surface area (Å²) in [7, 11) is 1.63. The molecule has 0 radical (unpaired) electrons. The van der Waals surface area contributed by atoms with Crippen LogP contribution in [-0.4, -0.2) is 25.1 Å². The standard InChI is InChI=1S/C12H17N3O2/c1-8(2)17-12(16)15(3)10-6-4-9(5-7-10)11(13)14/h4-8H,1-3H3,(H3,13,14). The lowest BCUT2D eigenvalue weighted by Crippen LogP contribution is -2.29. The van der Waals surface area contributed by atoms with Crippen LogP contribution in [0.5, 0.6) is 0 Å². The molecule has 0 aliphatic rings. The third-order valence-corrected chi connectivity index (χ3v) is 2.18. The second-order valence-electron chi connectivity index (χ2n) is 3.95. The van der Waals surface area contributed by atoms with Crippen LogP contribution in [0.3, 0.4) is 0 Å². The van der Waals surface area contributed by atoms with Crippen molar-refractivity contribution in [3.63, 3.8) is 0 Å². The van der Waals surface area contributed by atoms with Crippen molar-refractivity contribution in [2.75, 3.05) is 11.9 Å². The lowest BCUT2D eigenvalue weighted by atomic mass is 10.2. The number of nitrogens with one attached hydrogen (secondary N) is 1. The van der Waals surface area contributed by atoms with E-state index in [4.69, 9.17) is 15.9 Å². The molecule has 0 atom stereocenters. The minimum atomic E-state index is -0.407. The topological polar surface area (TPSA) is 79.4 Å². The molecule has 0 saturated carbocycles. The zero-order valence-electron chi connectivity index (χ0n) is 10.2. The SMILES string of the molecule is CC(C)OC(=O)N(C)c1ccc(C(=N)N)cc1. The highest BCUT2D eigenvalue weighted by Crippen LogP contribution is 2.15. The van der Waals surface area contributed by atoms with E-state index in [1.165, 1.54) is 4.90 Å². The second kappa shape index (κ2) is 5.34. The van der Waals surface area contributed by atoms with E-state index in [1.54, 1.807) is 45.2 Å². The molecule has 0 aromatic heterocycles. The molecule has 0 heterocycles. The average molecular weight is 235 g/mol. The van der Waals surface area contributed by atoms with Crippen molar-refractivity contribution in [1.82, 2.24) is 0 Å². The number of carbonyl (C=O) groups is 1. The van der Waals surface area contributed by atoms with Gasteiger partial charge in [-0.25, -0.2) is 4.79 Å². The number of amidine groups is 1. The van der Waals surface area contributed by atoms with Gasteiger partial charge in [-0.3, -0.25) is 10.3 Å². The van der Waals surface area contributed by atoms with Crippen LogP contribution in [0.25, 0.3) is 0 Å². The fourth-order valence-electron chi connectivity index (χ4n) is 1.25. The minimum Gasteiger partial charge on any atom is -0.446 e. The van der Waals surface area contributed by atoms with E-state index < -0.39 is 6.09 Å². The first kappa shape index (κ1) is 13.0. The van der Waals surface area contributed by atoms with Crippen molar-refractivity contribution in [3.8, 4) is 0 Å². The summed E-state index contributed by atoms with van der Waals surface area (Å²) >= 11 is 0. The molecule has 0 aliphatic carbocycles. The Labute approximate surface area is 101 Å². The molecule has 0 bridgehead atoms. The van der Waals surface area contributed by atoms with Crippen molar-refractivity contribution in [3.05, 3.63) is 29.8 Å². The Morgan fingerprint density at radius 2 is 1.88 bits per heavy atom. The molecule has 0 fully saturated rings. The van der Waals surface area contributed by atoms with E-state index in [0.29, 0.717) is 11.3 Å². The number of nitrogens with zero attached hydrogens (tertiary/aromatic N) is 1. The molecule has 0 spiro atoms. The molecular weight excluding hydrogens is 218 g/mol. The number of amides is 1. The van der Waals surface area contributed by atoms with Gasteiger partial charge >= 0.3 is 6.09 Å². The number of nitrogens with two attached hydrogens (primary N) is 1. The van der Waals surface area contributed by atoms with Gasteiger partial charge in [-0.15, -0.1) is 0 Å². The van der Waals surface area contributed by atoms with E-state index in [9.17, 15) is 4.79 Å². The van der Waals surface area contributed by atoms with Gasteiger partial charge in [-0.2, -0.15) is 0 Å². The first-order chi connectivity index (χ1) is 7.91. The van der Waals surface area contributed by atoms with E-state index in [1.807, 2.05) is 0 Å². The molecule has 0 unspecified atom stereocenters. The molecule has 0 saturated heterocycles. The molecular formula is C12H17N3O2. The quantitative estimate of drug-likeness (QED) is 0.620. The fraction of sp³-hybridized carbons (Fsp3) is 0.333. The average Bonchev–Trinajstić information content (AvgIpc) is 2.27. The summed E-state index contributed by atoms with van der Waals surface area (Å²) in [6.07, 6.45) is -0.558. The van der Waals surface area contributed by atoms with Gasteiger partial charge in [0, 0.05) is 18.3 Å². The first-order valence-corrected chi connectivity index (χ1v) is 5.30. The van der Waals surface area contributed by atoms with Gasteiger partial charge in [0.2, 0.25) is 0 Å². The Balaban J connectivity index is 2.79. The molecule has 5 nitrogen and oxygen atoms in total. The van der Waals surface area contributed by atoms with Gasteiger partial charge in [0.1, 0.15) is 5.84 Å². The molecule has 3 N–H and O–H groups in total. The summed E-state index contributed by atoms with van der Waals surface area (Å²) in [4.78, 5) is 13.0. The second-order valence-corrected chi connectivity index (χ2v) is 3.95. The Hall–Kier alpha value is -2.04. The summed E-state index contributed by atoms with van der Waals surface area (Å²) in [6, 6.07) is 6.82. The van der Waals surface area contributed by atoms with E-state index in [2.05, 4.69) is 0 Å². The van der Waals surface area contributed by atoms with E-state index in [-0.39, 0.29) is 11.9 Å². The molecule has 92 valence electrons. The lowest BCUT2D eigenvalue weighted by molar-refractivity contribution is 0.124. The Morgan fingerprint density at radius 1 is 1.35 bits per heavy atom. The lowest BCUT2D eigenvalue weighted by Gasteiger charge is -2.18. The summed E-state index contributed by atoms with van der Waals surface area (Å²) in [5.74, 6) is 0.00367. The van der Waals surface area contributed by atoms with Crippen LogP contribution in [0.1, 0.15) is 19.4 Å².